The second-order valence-electron chi connectivity index (χ2n) is 11.4. The fraction of sp³-hybridized carbons (Fsp3) is 0.538. The van der Waals surface area contributed by atoms with Gasteiger partial charge in [0.15, 0.2) is 17.3 Å². The van der Waals surface area contributed by atoms with Gasteiger partial charge in [-0.3, -0.25) is 14.4 Å². The average Bonchev–Trinajstić information content (AvgIpc) is 3.50. The smallest absolute Gasteiger partial charge is 0.389 e. The Labute approximate surface area is 216 Å². The van der Waals surface area contributed by atoms with E-state index in [0.29, 0.717) is 25.1 Å². The molecule has 2 aliphatic carbocycles. The fourth-order valence-corrected chi connectivity index (χ4v) is 6.38. The number of aliphatic hydroxyl groups excluding tert-OH is 1. The Kier molecular flexibility index (Phi) is 6.38. The van der Waals surface area contributed by atoms with Crippen molar-refractivity contribution in [2.45, 2.75) is 57.8 Å². The van der Waals surface area contributed by atoms with Crippen molar-refractivity contribution in [1.29, 1.82) is 0 Å². The Morgan fingerprint density at radius 1 is 1.26 bits per heavy atom. The van der Waals surface area contributed by atoms with Gasteiger partial charge in [0, 0.05) is 18.2 Å². The number of Topliss-reactive ketones (excluding diaryl/α,β-unsaturated/α-hetero) is 2. The maximum atomic E-state index is 13.9. The molecule has 1 saturated carbocycles. The van der Waals surface area contributed by atoms with E-state index in [9.17, 15) is 32.7 Å². The summed E-state index contributed by atoms with van der Waals surface area (Å²) in [4.78, 5) is 37.1. The van der Waals surface area contributed by atoms with Crippen LogP contribution in [0.15, 0.2) is 18.2 Å². The van der Waals surface area contributed by atoms with Gasteiger partial charge in [0.25, 0.3) is 5.91 Å². The molecule has 1 aliphatic heterocycles. The SMILES string of the molecule is CC1(C)CC(=O)c2c(C(F)(F)F)nn(-c3ccc(C(N)=O)c(N[C@H]4C[C@@H]5CN[C@H](C(=O)CO)[C@H]5C4)c3)c2C1. The summed E-state index contributed by atoms with van der Waals surface area (Å²) in [6.07, 6.45) is -3.29. The van der Waals surface area contributed by atoms with E-state index in [4.69, 9.17) is 5.73 Å². The Balaban J connectivity index is 1.51. The second-order valence-corrected chi connectivity index (χ2v) is 11.4. The summed E-state index contributed by atoms with van der Waals surface area (Å²) < 4.78 is 42.8. The molecule has 1 aromatic heterocycles. The van der Waals surface area contributed by atoms with E-state index in [-0.39, 0.29) is 53.4 Å². The van der Waals surface area contributed by atoms with Crippen molar-refractivity contribution in [3.8, 4) is 5.69 Å². The van der Waals surface area contributed by atoms with Crippen LogP contribution in [0.4, 0.5) is 18.9 Å². The molecule has 0 spiro atoms. The number of fused-ring (bicyclic) bond motifs is 2. The molecule has 204 valence electrons. The zero-order chi connectivity index (χ0) is 27.6. The number of aromatic nitrogens is 2. The lowest BCUT2D eigenvalue weighted by Gasteiger charge is -2.29. The molecule has 2 aromatic rings. The second kappa shape index (κ2) is 9.19. The lowest BCUT2D eigenvalue weighted by molar-refractivity contribution is -0.141. The molecule has 2 heterocycles. The summed E-state index contributed by atoms with van der Waals surface area (Å²) in [7, 11) is 0. The number of aliphatic hydroxyl groups is 1. The van der Waals surface area contributed by atoms with Gasteiger partial charge in [0.05, 0.1) is 28.6 Å². The Bertz CT molecular complexity index is 1320. The van der Waals surface area contributed by atoms with Gasteiger partial charge < -0.3 is 21.5 Å². The third-order valence-electron chi connectivity index (χ3n) is 7.97. The summed E-state index contributed by atoms with van der Waals surface area (Å²) in [6, 6.07) is 3.88. The molecule has 0 radical (unpaired) electrons. The molecule has 5 rings (SSSR count). The molecule has 1 amide bonds. The topological polar surface area (TPSA) is 139 Å². The van der Waals surface area contributed by atoms with Crippen LogP contribution in [0.3, 0.4) is 0 Å². The van der Waals surface area contributed by atoms with Crippen LogP contribution in [-0.2, 0) is 17.4 Å². The number of nitrogens with two attached hydrogens (primary N) is 1. The molecule has 4 atom stereocenters. The van der Waals surface area contributed by atoms with Crippen molar-refractivity contribution in [3.63, 3.8) is 0 Å². The minimum absolute atomic E-state index is 0.0131. The number of nitrogens with zero attached hydrogens (tertiary/aromatic N) is 2. The highest BCUT2D eigenvalue weighted by atomic mass is 19.4. The first-order valence-corrected chi connectivity index (χ1v) is 12.6. The number of halogens is 3. The number of carbonyl (C=O) groups excluding carboxylic acids is 3. The van der Waals surface area contributed by atoms with Crippen LogP contribution in [0, 0.1) is 17.3 Å². The van der Waals surface area contributed by atoms with Crippen LogP contribution < -0.4 is 16.4 Å². The number of amides is 1. The number of alkyl halides is 3. The van der Waals surface area contributed by atoms with E-state index in [1.165, 1.54) is 18.2 Å². The number of benzene rings is 1. The molecule has 0 unspecified atom stereocenters. The molecule has 3 aliphatic rings. The first kappa shape index (κ1) is 26.4. The lowest BCUT2D eigenvalue weighted by Crippen LogP contribution is -2.38. The predicted octanol–water partition coefficient (Wildman–Crippen LogP) is 2.49. The van der Waals surface area contributed by atoms with E-state index in [1.807, 2.05) is 13.8 Å². The largest absolute Gasteiger partial charge is 0.435 e. The molecule has 5 N–H and O–H groups in total. The average molecular weight is 534 g/mol. The molecular weight excluding hydrogens is 503 g/mol. The van der Waals surface area contributed by atoms with Crippen molar-refractivity contribution < 1.29 is 32.7 Å². The predicted molar refractivity (Wildman–Crippen MR) is 131 cm³/mol. The maximum Gasteiger partial charge on any atom is 0.435 e. The molecule has 9 nitrogen and oxygen atoms in total. The third kappa shape index (κ3) is 4.60. The zero-order valence-electron chi connectivity index (χ0n) is 21.1. The summed E-state index contributed by atoms with van der Waals surface area (Å²) in [5.74, 6) is -1.34. The molecular formula is C26H30F3N5O4. The first-order valence-electron chi connectivity index (χ1n) is 12.6. The van der Waals surface area contributed by atoms with Gasteiger partial charge in [-0.25, -0.2) is 4.68 Å². The van der Waals surface area contributed by atoms with Crippen molar-refractivity contribution in [3.05, 3.63) is 40.7 Å². The Morgan fingerprint density at radius 2 is 2.00 bits per heavy atom. The van der Waals surface area contributed by atoms with E-state index in [1.54, 1.807) is 0 Å². The third-order valence-corrected chi connectivity index (χ3v) is 7.97. The van der Waals surface area contributed by atoms with Gasteiger partial charge in [0.2, 0.25) is 0 Å². The number of primary amides is 1. The molecule has 38 heavy (non-hydrogen) atoms. The number of hydrogen-bond donors (Lipinski definition) is 4. The quantitative estimate of drug-likeness (QED) is 0.447. The molecule has 2 fully saturated rings. The minimum Gasteiger partial charge on any atom is -0.389 e. The van der Waals surface area contributed by atoms with Crippen molar-refractivity contribution in [2.24, 2.45) is 23.0 Å². The minimum atomic E-state index is -4.81. The molecule has 1 saturated heterocycles. The van der Waals surface area contributed by atoms with E-state index < -0.39 is 47.2 Å². The number of nitrogens with one attached hydrogen (secondary N) is 2. The van der Waals surface area contributed by atoms with Crippen molar-refractivity contribution in [1.82, 2.24) is 15.1 Å². The van der Waals surface area contributed by atoms with Crippen LogP contribution in [0.1, 0.15) is 65.2 Å². The normalized spacial score (nSPS) is 26.2. The number of carbonyl (C=O) groups is 3. The van der Waals surface area contributed by atoms with E-state index in [2.05, 4.69) is 15.7 Å². The zero-order valence-corrected chi connectivity index (χ0v) is 21.1. The molecule has 1 aromatic carbocycles. The highest BCUT2D eigenvalue weighted by Gasteiger charge is 2.47. The van der Waals surface area contributed by atoms with Gasteiger partial charge in [-0.1, -0.05) is 13.8 Å². The van der Waals surface area contributed by atoms with E-state index >= 15 is 0 Å². The molecule has 12 heteroatoms. The van der Waals surface area contributed by atoms with Crippen LogP contribution in [0.2, 0.25) is 0 Å². The number of anilines is 1. The molecule has 0 bridgehead atoms. The van der Waals surface area contributed by atoms with Crippen molar-refractivity contribution >= 4 is 23.2 Å². The Morgan fingerprint density at radius 3 is 2.66 bits per heavy atom. The highest BCUT2D eigenvalue weighted by molar-refractivity contribution is 6.00. The summed E-state index contributed by atoms with van der Waals surface area (Å²) in [5, 5.41) is 19.6. The number of hydrogen-bond acceptors (Lipinski definition) is 7. The van der Waals surface area contributed by atoms with Gasteiger partial charge in [0.1, 0.15) is 6.61 Å². The highest BCUT2D eigenvalue weighted by Crippen LogP contribution is 2.43. The lowest BCUT2D eigenvalue weighted by atomic mass is 9.75. The first-order chi connectivity index (χ1) is 17.8. The summed E-state index contributed by atoms with van der Waals surface area (Å²) in [6.45, 7) is 3.73. The van der Waals surface area contributed by atoms with Crippen LogP contribution in [-0.4, -0.2) is 57.6 Å². The van der Waals surface area contributed by atoms with Gasteiger partial charge in [-0.15, -0.1) is 0 Å². The number of ketones is 2. The summed E-state index contributed by atoms with van der Waals surface area (Å²) in [5.41, 5.74) is 4.40. The van der Waals surface area contributed by atoms with Gasteiger partial charge >= 0.3 is 6.18 Å². The van der Waals surface area contributed by atoms with Gasteiger partial charge in [-0.05, 0) is 61.3 Å². The number of rotatable bonds is 6. The van der Waals surface area contributed by atoms with Crippen LogP contribution in [0.25, 0.3) is 5.69 Å². The maximum absolute atomic E-state index is 13.9. The van der Waals surface area contributed by atoms with Crippen LogP contribution in [0.5, 0.6) is 0 Å². The standard InChI is InChI=1S/C26H30F3N5O4/c1-25(2)8-18-21(19(36)9-25)23(26(27,28)29)33-34(18)14-3-4-15(24(30)38)17(7-14)32-13-5-12-10-31-22(16(12)6-13)20(37)11-35/h3-4,7,12-13,16,22,31-32,35H,5-6,8-11H2,1-2H3,(H2,30,38)/t12-,13+,16+,22+/m1/s1. The summed E-state index contributed by atoms with van der Waals surface area (Å²) >= 11 is 0. The van der Waals surface area contributed by atoms with Crippen LogP contribution >= 0.6 is 0 Å². The van der Waals surface area contributed by atoms with Crippen molar-refractivity contribution in [2.75, 3.05) is 18.5 Å². The van der Waals surface area contributed by atoms with Gasteiger partial charge in [-0.2, -0.15) is 18.3 Å². The van der Waals surface area contributed by atoms with E-state index in [0.717, 1.165) is 4.68 Å². The Hall–Kier alpha value is -3.25. The fourth-order valence-electron chi connectivity index (χ4n) is 6.38. The monoisotopic (exact) mass is 533 g/mol.